The summed E-state index contributed by atoms with van der Waals surface area (Å²) in [6.07, 6.45) is 7.02. The Labute approximate surface area is 178 Å². The number of nitrogens with zero attached hydrogens (tertiary/aromatic N) is 1. The van der Waals surface area contributed by atoms with Gasteiger partial charge >= 0.3 is 0 Å². The van der Waals surface area contributed by atoms with Crippen LogP contribution in [-0.4, -0.2) is 38.5 Å². The zero-order chi connectivity index (χ0) is 17.7. The first-order chi connectivity index (χ1) is 12.0. The summed E-state index contributed by atoms with van der Waals surface area (Å²) in [6.45, 7) is 3.46. The summed E-state index contributed by atoms with van der Waals surface area (Å²) in [5.74, 6) is 1.67. The van der Waals surface area contributed by atoms with Gasteiger partial charge in [0, 0.05) is 22.3 Å². The monoisotopic (exact) mass is 511 g/mol. The number of guanidine groups is 1. The van der Waals surface area contributed by atoms with Crippen molar-refractivity contribution in [2.24, 2.45) is 10.9 Å². The number of nitrogens with one attached hydrogen (secondary N) is 2. The number of aliphatic imine (C=N–C) groups is 1. The van der Waals surface area contributed by atoms with Gasteiger partial charge < -0.3 is 10.6 Å². The quantitative estimate of drug-likeness (QED) is 0.361. The van der Waals surface area contributed by atoms with E-state index in [-0.39, 0.29) is 29.9 Å². The molecule has 1 saturated carbocycles. The van der Waals surface area contributed by atoms with Crippen molar-refractivity contribution in [1.82, 2.24) is 10.6 Å². The van der Waals surface area contributed by atoms with Crippen LogP contribution in [0.3, 0.4) is 0 Å². The normalized spacial score (nSPS) is 23.4. The lowest BCUT2D eigenvalue weighted by Gasteiger charge is -2.25. The molecule has 5 nitrogen and oxygen atoms in total. The summed E-state index contributed by atoms with van der Waals surface area (Å²) in [5, 5.41) is 6.97. The number of sulfone groups is 1. The van der Waals surface area contributed by atoms with Crippen LogP contribution in [0.4, 0.5) is 0 Å². The van der Waals surface area contributed by atoms with Gasteiger partial charge in [-0.25, -0.2) is 13.4 Å². The minimum atomic E-state index is -2.82. The van der Waals surface area contributed by atoms with Crippen LogP contribution in [0.1, 0.15) is 48.3 Å². The summed E-state index contributed by atoms with van der Waals surface area (Å²) in [4.78, 5) is 7.31. The first-order valence-corrected chi connectivity index (χ1v) is 11.9. The molecule has 148 valence electrons. The highest BCUT2D eigenvalue weighted by atomic mass is 127. The average molecular weight is 511 g/mol. The van der Waals surface area contributed by atoms with Gasteiger partial charge in [-0.15, -0.1) is 35.3 Å². The summed E-state index contributed by atoms with van der Waals surface area (Å²) in [6, 6.07) is 4.74. The van der Waals surface area contributed by atoms with Crippen LogP contribution >= 0.6 is 35.3 Å². The highest BCUT2D eigenvalue weighted by Gasteiger charge is 2.28. The predicted molar refractivity (Wildman–Crippen MR) is 120 cm³/mol. The van der Waals surface area contributed by atoms with Gasteiger partial charge in [0.2, 0.25) is 0 Å². The Bertz CT molecular complexity index is 697. The van der Waals surface area contributed by atoms with Gasteiger partial charge in [-0.05, 0) is 44.2 Å². The van der Waals surface area contributed by atoms with Crippen LogP contribution in [-0.2, 0) is 16.4 Å². The molecule has 2 aliphatic rings. The van der Waals surface area contributed by atoms with E-state index in [1.54, 1.807) is 11.3 Å². The molecular weight excluding hydrogens is 481 g/mol. The van der Waals surface area contributed by atoms with Gasteiger partial charge in [0.05, 0.1) is 18.1 Å². The maximum absolute atomic E-state index is 11.6. The predicted octanol–water partition coefficient (Wildman–Crippen LogP) is 3.48. The molecule has 0 spiro atoms. The fraction of sp³-hybridized carbons (Fsp3) is 0.722. The first-order valence-electron chi connectivity index (χ1n) is 9.31. The van der Waals surface area contributed by atoms with Gasteiger partial charge in [0.25, 0.3) is 0 Å². The van der Waals surface area contributed by atoms with Crippen molar-refractivity contribution in [1.29, 1.82) is 0 Å². The van der Waals surface area contributed by atoms with Crippen LogP contribution < -0.4 is 10.6 Å². The van der Waals surface area contributed by atoms with Crippen LogP contribution in [0.15, 0.2) is 17.1 Å². The third kappa shape index (κ3) is 6.99. The Morgan fingerprint density at radius 3 is 2.62 bits per heavy atom. The van der Waals surface area contributed by atoms with Gasteiger partial charge in [-0.3, -0.25) is 0 Å². The van der Waals surface area contributed by atoms with Crippen LogP contribution in [0.5, 0.6) is 0 Å². The van der Waals surface area contributed by atoms with E-state index in [4.69, 9.17) is 4.99 Å². The second-order valence-corrected chi connectivity index (χ2v) is 10.9. The fourth-order valence-corrected chi connectivity index (χ4v) is 6.27. The van der Waals surface area contributed by atoms with Crippen molar-refractivity contribution >= 4 is 51.1 Å². The third-order valence-electron chi connectivity index (χ3n) is 5.02. The summed E-state index contributed by atoms with van der Waals surface area (Å²) in [7, 11) is -2.82. The van der Waals surface area contributed by atoms with Crippen molar-refractivity contribution in [2.45, 2.75) is 58.0 Å². The van der Waals surface area contributed by atoms with Crippen molar-refractivity contribution in [3.63, 3.8) is 0 Å². The standard InChI is InChI=1S/C18H29N3O2S2.HI/c1-14-7-8-17(24-14)12-20-18(21-16-5-3-2-4-6-16)19-11-15-9-10-25(22,23)13-15;/h7-8,15-16H,2-6,9-13H2,1H3,(H2,19,20,21);1H. The molecule has 1 unspecified atom stereocenters. The van der Waals surface area contributed by atoms with E-state index in [1.165, 1.54) is 41.9 Å². The smallest absolute Gasteiger partial charge is 0.191 e. The van der Waals surface area contributed by atoms with E-state index in [2.05, 4.69) is 29.7 Å². The number of rotatable bonds is 5. The first kappa shape index (κ1) is 21.9. The fourth-order valence-electron chi connectivity index (χ4n) is 3.59. The Kier molecular flexibility index (Phi) is 8.66. The molecule has 1 atom stereocenters. The van der Waals surface area contributed by atoms with E-state index in [1.807, 2.05) is 0 Å². The lowest BCUT2D eigenvalue weighted by Crippen LogP contribution is -2.45. The number of hydrogen-bond acceptors (Lipinski definition) is 4. The number of halogens is 1. The number of aryl methyl sites for hydroxylation is 1. The van der Waals surface area contributed by atoms with Gasteiger partial charge in [-0.1, -0.05) is 19.3 Å². The van der Waals surface area contributed by atoms with Crippen molar-refractivity contribution in [3.05, 3.63) is 21.9 Å². The van der Waals surface area contributed by atoms with E-state index >= 15 is 0 Å². The molecule has 26 heavy (non-hydrogen) atoms. The SMILES string of the molecule is Cc1ccc(CN=C(NCC2CCS(=O)(=O)C2)NC2CCCCC2)s1.I. The molecule has 3 rings (SSSR count). The Balaban J connectivity index is 0.00000243. The molecule has 2 heterocycles. The van der Waals surface area contributed by atoms with Crippen LogP contribution in [0.2, 0.25) is 0 Å². The summed E-state index contributed by atoms with van der Waals surface area (Å²) in [5.41, 5.74) is 0. The summed E-state index contributed by atoms with van der Waals surface area (Å²) < 4.78 is 23.3. The molecule has 1 aliphatic heterocycles. The maximum Gasteiger partial charge on any atom is 0.191 e. The molecule has 8 heteroatoms. The second-order valence-electron chi connectivity index (χ2n) is 7.31. The van der Waals surface area contributed by atoms with Gasteiger partial charge in [0.1, 0.15) is 0 Å². The second kappa shape index (κ2) is 10.3. The van der Waals surface area contributed by atoms with Crippen molar-refractivity contribution in [3.8, 4) is 0 Å². The zero-order valence-corrected chi connectivity index (χ0v) is 19.3. The van der Waals surface area contributed by atoms with E-state index in [9.17, 15) is 8.42 Å². The summed E-state index contributed by atoms with van der Waals surface area (Å²) >= 11 is 1.78. The maximum atomic E-state index is 11.6. The minimum absolute atomic E-state index is 0. The van der Waals surface area contributed by atoms with Gasteiger partial charge in [0.15, 0.2) is 15.8 Å². The molecule has 1 aliphatic carbocycles. The number of thiophene rings is 1. The van der Waals surface area contributed by atoms with Crippen LogP contribution in [0.25, 0.3) is 0 Å². The van der Waals surface area contributed by atoms with E-state index in [0.29, 0.717) is 30.6 Å². The highest BCUT2D eigenvalue weighted by Crippen LogP contribution is 2.19. The average Bonchev–Trinajstić information content (AvgIpc) is 3.16. The highest BCUT2D eigenvalue weighted by molar-refractivity contribution is 14.0. The molecule has 0 amide bonds. The molecule has 1 saturated heterocycles. The minimum Gasteiger partial charge on any atom is -0.356 e. The van der Waals surface area contributed by atoms with Crippen LogP contribution in [0, 0.1) is 12.8 Å². The largest absolute Gasteiger partial charge is 0.356 e. The topological polar surface area (TPSA) is 70.6 Å². The molecule has 0 bridgehead atoms. The molecule has 2 fully saturated rings. The molecule has 1 aromatic rings. The Morgan fingerprint density at radius 1 is 1.23 bits per heavy atom. The van der Waals surface area contributed by atoms with Gasteiger partial charge in [-0.2, -0.15) is 0 Å². The molecule has 2 N–H and O–H groups in total. The number of hydrogen-bond donors (Lipinski definition) is 2. The molecular formula is C18H30IN3O2S2. The van der Waals surface area contributed by atoms with E-state index < -0.39 is 9.84 Å². The van der Waals surface area contributed by atoms with Crippen molar-refractivity contribution in [2.75, 3.05) is 18.1 Å². The molecule has 0 radical (unpaired) electrons. The lowest BCUT2D eigenvalue weighted by atomic mass is 9.96. The lowest BCUT2D eigenvalue weighted by molar-refractivity contribution is 0.408. The Morgan fingerprint density at radius 2 is 2.00 bits per heavy atom. The van der Waals surface area contributed by atoms with Crippen molar-refractivity contribution < 1.29 is 8.42 Å². The molecule has 0 aromatic carbocycles. The molecule has 1 aromatic heterocycles. The third-order valence-corrected chi connectivity index (χ3v) is 7.84. The Hall–Kier alpha value is -0.350. The zero-order valence-electron chi connectivity index (χ0n) is 15.4. The van der Waals surface area contributed by atoms with E-state index in [0.717, 1.165) is 12.4 Å².